The molecule has 1 N–H and O–H groups in total. The summed E-state index contributed by atoms with van der Waals surface area (Å²) in [6.07, 6.45) is 1.01. The van der Waals surface area contributed by atoms with E-state index in [0.717, 1.165) is 6.42 Å². The van der Waals surface area contributed by atoms with Crippen LogP contribution in [0.3, 0.4) is 0 Å². The minimum Gasteiger partial charge on any atom is -0.313 e. The van der Waals surface area contributed by atoms with Gasteiger partial charge in [-0.25, -0.2) is 0 Å². The largest absolute Gasteiger partial charge is 0.313 e. The summed E-state index contributed by atoms with van der Waals surface area (Å²) in [6, 6.07) is 15.4. The molecule has 0 aliphatic rings. The van der Waals surface area contributed by atoms with E-state index in [2.05, 4.69) is 77.6 Å². The fourth-order valence-electron chi connectivity index (χ4n) is 2.36. The van der Waals surface area contributed by atoms with Crippen LogP contribution in [0.15, 0.2) is 46.9 Å². The van der Waals surface area contributed by atoms with E-state index in [1.54, 1.807) is 0 Å². The van der Waals surface area contributed by atoms with Crippen LogP contribution < -0.4 is 5.32 Å². The lowest BCUT2D eigenvalue weighted by Gasteiger charge is -2.20. The Morgan fingerprint density at radius 2 is 1.84 bits per heavy atom. The molecule has 0 aliphatic heterocycles. The zero-order chi connectivity index (χ0) is 13.8. The first-order valence-electron chi connectivity index (χ1n) is 6.59. The van der Waals surface area contributed by atoms with Gasteiger partial charge in [0.2, 0.25) is 0 Å². The molecule has 2 aromatic carbocycles. The van der Waals surface area contributed by atoms with Crippen molar-refractivity contribution in [2.75, 3.05) is 7.05 Å². The molecular formula is C17H20BrN. The standard InChI is InChI=1S/C17H20BrN/c1-12-8-9-16(18)15(10-12)17(19-3)11-14-7-5-4-6-13(14)2/h4-10,17,19H,11H2,1-3H3. The molecule has 1 nitrogen and oxygen atoms in total. The molecule has 2 rings (SSSR count). The second-order valence-electron chi connectivity index (χ2n) is 5.00. The van der Waals surface area contributed by atoms with E-state index in [4.69, 9.17) is 0 Å². The molecule has 19 heavy (non-hydrogen) atoms. The molecule has 0 fully saturated rings. The highest BCUT2D eigenvalue weighted by Crippen LogP contribution is 2.27. The van der Waals surface area contributed by atoms with E-state index in [0.29, 0.717) is 6.04 Å². The van der Waals surface area contributed by atoms with Gasteiger partial charge in [-0.1, -0.05) is 57.9 Å². The highest BCUT2D eigenvalue weighted by Gasteiger charge is 2.14. The van der Waals surface area contributed by atoms with Crippen LogP contribution in [0.5, 0.6) is 0 Å². The quantitative estimate of drug-likeness (QED) is 0.871. The van der Waals surface area contributed by atoms with Gasteiger partial charge in [-0.15, -0.1) is 0 Å². The Balaban J connectivity index is 2.30. The van der Waals surface area contributed by atoms with Gasteiger partial charge in [0.15, 0.2) is 0 Å². The van der Waals surface area contributed by atoms with Crippen molar-refractivity contribution in [1.29, 1.82) is 0 Å². The lowest BCUT2D eigenvalue weighted by Crippen LogP contribution is -2.19. The molecule has 0 bridgehead atoms. The summed E-state index contributed by atoms with van der Waals surface area (Å²) in [5, 5.41) is 3.43. The van der Waals surface area contributed by atoms with E-state index < -0.39 is 0 Å². The van der Waals surface area contributed by atoms with Crippen LogP contribution in [-0.2, 0) is 6.42 Å². The topological polar surface area (TPSA) is 12.0 Å². The Labute approximate surface area is 124 Å². The van der Waals surface area contributed by atoms with Crippen LogP contribution in [0.2, 0.25) is 0 Å². The molecule has 2 aromatic rings. The first-order chi connectivity index (χ1) is 9.11. The predicted molar refractivity (Wildman–Crippen MR) is 85.6 cm³/mol. The zero-order valence-corrected chi connectivity index (χ0v) is 13.3. The Morgan fingerprint density at radius 3 is 2.53 bits per heavy atom. The van der Waals surface area contributed by atoms with Gasteiger partial charge in [-0.2, -0.15) is 0 Å². The van der Waals surface area contributed by atoms with E-state index >= 15 is 0 Å². The SMILES string of the molecule is CNC(Cc1ccccc1C)c1cc(C)ccc1Br. The van der Waals surface area contributed by atoms with Crippen LogP contribution in [0.1, 0.15) is 28.3 Å². The van der Waals surface area contributed by atoms with Crippen LogP contribution in [0.25, 0.3) is 0 Å². The summed E-state index contributed by atoms with van der Waals surface area (Å²) in [7, 11) is 2.03. The molecule has 100 valence electrons. The molecule has 0 aliphatic carbocycles. The Hall–Kier alpha value is -1.12. The third-order valence-corrected chi connectivity index (χ3v) is 4.28. The van der Waals surface area contributed by atoms with E-state index in [1.807, 2.05) is 7.05 Å². The summed E-state index contributed by atoms with van der Waals surface area (Å²) in [6.45, 7) is 4.31. The minimum absolute atomic E-state index is 0.329. The average molecular weight is 318 g/mol. The number of halogens is 1. The molecule has 2 heteroatoms. The highest BCUT2D eigenvalue weighted by atomic mass is 79.9. The van der Waals surface area contributed by atoms with Gasteiger partial charge in [-0.05, 0) is 50.1 Å². The Morgan fingerprint density at radius 1 is 1.11 bits per heavy atom. The summed E-state index contributed by atoms with van der Waals surface area (Å²) in [5.74, 6) is 0. The predicted octanol–water partition coefficient (Wildman–Crippen LogP) is 4.57. The van der Waals surface area contributed by atoms with Gasteiger partial charge < -0.3 is 5.32 Å². The zero-order valence-electron chi connectivity index (χ0n) is 11.7. The van der Waals surface area contributed by atoms with Crippen molar-refractivity contribution in [1.82, 2.24) is 5.32 Å². The molecule has 0 saturated heterocycles. The molecule has 0 aromatic heterocycles. The molecule has 0 radical (unpaired) electrons. The number of hydrogen-bond acceptors (Lipinski definition) is 1. The number of rotatable bonds is 4. The van der Waals surface area contributed by atoms with Gasteiger partial charge in [0.05, 0.1) is 0 Å². The molecule has 1 atom stereocenters. The van der Waals surface area contributed by atoms with Crippen molar-refractivity contribution in [2.45, 2.75) is 26.3 Å². The first-order valence-corrected chi connectivity index (χ1v) is 7.39. The summed E-state index contributed by atoms with van der Waals surface area (Å²) >= 11 is 3.66. The van der Waals surface area contributed by atoms with E-state index in [-0.39, 0.29) is 0 Å². The maximum Gasteiger partial charge on any atom is 0.0369 e. The maximum atomic E-state index is 3.66. The van der Waals surface area contributed by atoms with Crippen molar-refractivity contribution in [2.24, 2.45) is 0 Å². The van der Waals surface area contributed by atoms with Crippen LogP contribution in [0.4, 0.5) is 0 Å². The van der Waals surface area contributed by atoms with Crippen molar-refractivity contribution in [3.63, 3.8) is 0 Å². The highest BCUT2D eigenvalue weighted by molar-refractivity contribution is 9.10. The molecule has 0 heterocycles. The number of hydrogen-bond donors (Lipinski definition) is 1. The minimum atomic E-state index is 0.329. The van der Waals surface area contributed by atoms with Gasteiger partial charge >= 0.3 is 0 Å². The molecular weight excluding hydrogens is 298 g/mol. The van der Waals surface area contributed by atoms with Crippen LogP contribution >= 0.6 is 15.9 Å². The van der Waals surface area contributed by atoms with E-state index in [9.17, 15) is 0 Å². The monoisotopic (exact) mass is 317 g/mol. The van der Waals surface area contributed by atoms with Crippen LogP contribution in [0, 0.1) is 13.8 Å². The van der Waals surface area contributed by atoms with Crippen LogP contribution in [-0.4, -0.2) is 7.05 Å². The van der Waals surface area contributed by atoms with Crippen molar-refractivity contribution >= 4 is 15.9 Å². The fourth-order valence-corrected chi connectivity index (χ4v) is 2.88. The second kappa shape index (κ2) is 6.36. The molecule has 1 unspecified atom stereocenters. The van der Waals surface area contributed by atoms with Gasteiger partial charge in [0, 0.05) is 10.5 Å². The first kappa shape index (κ1) is 14.3. The summed E-state index contributed by atoms with van der Waals surface area (Å²) in [4.78, 5) is 0. The van der Waals surface area contributed by atoms with E-state index in [1.165, 1.54) is 26.7 Å². The van der Waals surface area contributed by atoms with Crippen molar-refractivity contribution in [3.8, 4) is 0 Å². The lowest BCUT2D eigenvalue weighted by molar-refractivity contribution is 0.588. The smallest absolute Gasteiger partial charge is 0.0369 e. The molecule has 0 amide bonds. The molecule has 0 spiro atoms. The number of benzene rings is 2. The summed E-state index contributed by atoms with van der Waals surface area (Å²) in [5.41, 5.74) is 5.37. The normalized spacial score (nSPS) is 12.4. The average Bonchev–Trinajstić information content (AvgIpc) is 2.41. The Kier molecular flexibility index (Phi) is 4.78. The molecule has 0 saturated carbocycles. The third kappa shape index (κ3) is 3.46. The summed E-state index contributed by atoms with van der Waals surface area (Å²) < 4.78 is 1.17. The third-order valence-electron chi connectivity index (χ3n) is 3.56. The van der Waals surface area contributed by atoms with Crippen molar-refractivity contribution in [3.05, 3.63) is 69.2 Å². The number of aryl methyl sites for hydroxylation is 2. The second-order valence-corrected chi connectivity index (χ2v) is 5.85. The van der Waals surface area contributed by atoms with Gasteiger partial charge in [0.25, 0.3) is 0 Å². The number of nitrogens with one attached hydrogen (secondary N) is 1. The van der Waals surface area contributed by atoms with Gasteiger partial charge in [0.1, 0.15) is 0 Å². The Bertz CT molecular complexity index is 563. The fraction of sp³-hybridized carbons (Fsp3) is 0.294. The number of likely N-dealkylation sites (N-methyl/N-ethyl adjacent to an activating group) is 1. The lowest BCUT2D eigenvalue weighted by atomic mass is 9.95. The maximum absolute atomic E-state index is 3.66. The van der Waals surface area contributed by atoms with Gasteiger partial charge in [-0.3, -0.25) is 0 Å². The van der Waals surface area contributed by atoms with Crippen molar-refractivity contribution < 1.29 is 0 Å².